The predicted molar refractivity (Wildman–Crippen MR) is 617 cm³/mol. The average molecular weight is 1830 g/mol. The Morgan fingerprint density at radius 1 is 0.168 bits per heavy atom. The van der Waals surface area contributed by atoms with Crippen LogP contribution in [0.3, 0.4) is 0 Å². The first-order valence-corrected chi connectivity index (χ1v) is 52.2. The smallest absolute Gasteiger partial charge is 0.129 e. The van der Waals surface area contributed by atoms with Gasteiger partial charge in [-0.15, -0.1) is 5.54 Å². The minimum absolute atomic E-state index is 0.840. The van der Waals surface area contributed by atoms with Gasteiger partial charge in [0.25, 0.3) is 0 Å². The Balaban J connectivity index is 0.000000102. The lowest BCUT2D eigenvalue weighted by atomic mass is 9.87. The van der Waals surface area contributed by atoms with E-state index in [0.29, 0.717) is 0 Å². The zero-order valence-electron chi connectivity index (χ0n) is 80.2. The first kappa shape index (κ1) is 89.6. The molecule has 26 aromatic rings. The summed E-state index contributed by atoms with van der Waals surface area (Å²) in [6, 6.07) is 173. The van der Waals surface area contributed by atoms with Gasteiger partial charge in [-0.05, 0) is 330 Å². The molecular weight excluding hydrogens is 1740 g/mol. The maximum absolute atomic E-state index is 5.24. The molecule has 0 aliphatic rings. The van der Waals surface area contributed by atoms with Gasteiger partial charge in [0, 0.05) is 50.1 Å². The molecule has 0 bridgehead atoms. The van der Waals surface area contributed by atoms with Crippen molar-refractivity contribution in [2.75, 3.05) is 7.11 Å². The first-order valence-electron chi connectivity index (χ1n) is 48.7. The highest BCUT2D eigenvalue weighted by Gasteiger charge is 2.20. The molecule has 2 heteroatoms. The van der Waals surface area contributed by atoms with Crippen molar-refractivity contribution in [3.05, 3.63) is 547 Å². The highest BCUT2D eigenvalue weighted by molar-refractivity contribution is 6.84. The molecule has 26 rings (SSSR count). The van der Waals surface area contributed by atoms with Gasteiger partial charge in [0.15, 0.2) is 0 Å². The molecule has 0 saturated carbocycles. The quantitative estimate of drug-likeness (QED) is 0.0973. The molecule has 0 heterocycles. The number of ether oxygens (including phenoxy) is 1. The molecule has 0 radical (unpaired) electrons. The van der Waals surface area contributed by atoms with Gasteiger partial charge in [-0.2, -0.15) is 0 Å². The van der Waals surface area contributed by atoms with E-state index in [4.69, 9.17) is 4.74 Å². The van der Waals surface area contributed by atoms with Gasteiger partial charge in [0.2, 0.25) is 0 Å². The van der Waals surface area contributed by atoms with Crippen LogP contribution < -0.4 is 4.74 Å². The third-order valence-corrected chi connectivity index (χ3v) is 27.5. The lowest BCUT2D eigenvalue weighted by Crippen LogP contribution is -2.16. The second-order valence-electron chi connectivity index (χ2n) is 37.3. The summed E-state index contributed by atoms with van der Waals surface area (Å²) < 4.78 is 5.24. The minimum atomic E-state index is -1.51. The number of fused-ring (bicyclic) bond motifs is 15. The van der Waals surface area contributed by atoms with E-state index < -0.39 is 8.07 Å². The van der Waals surface area contributed by atoms with E-state index in [0.717, 1.165) is 55.8 Å². The molecule has 0 atom stereocenters. The van der Waals surface area contributed by atoms with Crippen LogP contribution in [0.15, 0.2) is 491 Å². The highest BCUT2D eigenvalue weighted by Crippen LogP contribution is 2.45. The van der Waals surface area contributed by atoms with Crippen molar-refractivity contribution in [3.8, 4) is 86.8 Å². The molecule has 0 amide bonds. The Morgan fingerprint density at radius 2 is 0.392 bits per heavy atom. The van der Waals surface area contributed by atoms with Crippen molar-refractivity contribution in [1.82, 2.24) is 0 Å². The maximum atomic E-state index is 5.24. The number of hydrogen-bond donors (Lipinski definition) is 0. The fraction of sp³-hybridized carbons (Fsp3) is 0.0355. The monoisotopic (exact) mass is 1830 g/mol. The molecule has 0 fully saturated rings. The van der Waals surface area contributed by atoms with Crippen LogP contribution in [0.25, 0.3) is 184 Å². The van der Waals surface area contributed by atoms with Gasteiger partial charge in [-0.25, -0.2) is 0 Å². The number of methoxy groups -OCH3 is 1. The summed E-state index contributed by atoms with van der Waals surface area (Å²) in [5.74, 6) is 31.9. The summed E-state index contributed by atoms with van der Waals surface area (Å²) in [6.07, 6.45) is 0. The second kappa shape index (κ2) is 40.2. The highest BCUT2D eigenvalue weighted by atomic mass is 28.3. The molecule has 1 nitrogen and oxygen atoms in total. The Hall–Kier alpha value is -18.6. The summed E-state index contributed by atoms with van der Waals surface area (Å²) in [4.78, 5) is 0. The van der Waals surface area contributed by atoms with Crippen molar-refractivity contribution in [3.63, 3.8) is 0 Å². The van der Waals surface area contributed by atoms with Crippen molar-refractivity contribution in [2.24, 2.45) is 0 Å². The van der Waals surface area contributed by atoms with E-state index in [-0.39, 0.29) is 0 Å². The van der Waals surface area contributed by atoms with Gasteiger partial charge in [-0.3, -0.25) is 0 Å². The largest absolute Gasteiger partial charge is 0.497 e. The van der Waals surface area contributed by atoms with Crippen LogP contribution >= 0.6 is 0 Å². The molecule has 26 aromatic carbocycles. The van der Waals surface area contributed by atoms with Gasteiger partial charge in [-0.1, -0.05) is 430 Å². The molecule has 0 unspecified atom stereocenters. The Morgan fingerprint density at radius 3 is 0.699 bits per heavy atom. The van der Waals surface area contributed by atoms with E-state index >= 15 is 0 Å². The van der Waals surface area contributed by atoms with Crippen LogP contribution in [0, 0.1) is 65.8 Å². The Labute approximate surface area is 835 Å². The zero-order chi connectivity index (χ0) is 96.5. The Kier molecular flexibility index (Phi) is 25.2. The molecule has 0 aromatic heterocycles. The number of rotatable bonds is 3. The zero-order valence-corrected chi connectivity index (χ0v) is 81.2. The van der Waals surface area contributed by atoms with Crippen molar-refractivity contribution in [1.29, 1.82) is 0 Å². The molecule has 0 saturated heterocycles. The summed E-state index contributed by atoms with van der Waals surface area (Å²) in [6.45, 7) is 9.01. The van der Waals surface area contributed by atoms with Gasteiger partial charge in [0.05, 0.1) is 7.11 Å². The maximum Gasteiger partial charge on any atom is 0.129 e. The summed E-state index contributed by atoms with van der Waals surface area (Å²) >= 11 is 0. The lowest BCUT2D eigenvalue weighted by molar-refractivity contribution is 0.415. The van der Waals surface area contributed by atoms with Crippen LogP contribution in [0.1, 0.15) is 55.6 Å². The lowest BCUT2D eigenvalue weighted by Gasteiger charge is -2.16. The molecule has 0 N–H and O–H groups in total. The van der Waals surface area contributed by atoms with E-state index in [9.17, 15) is 0 Å². The SMILES string of the molecule is C(#Cc1c2ccccc2c(-c2ccccc2)c2cc3ccccc3cc12)c1ccccc1.C(#Cc1c2ccccc2cc2cc3ccccc3cc12)c1ccccc1.COc1ccc(C#Cc2c3ccccc3cc3cc4ccccc4cc23)cc1.C[Si](C)(C)C#Cc1c2ccccc2c(-c2ccccc2)c2cc3ccccc3cc12.Cc1ccc(C#Cc2c3ccccc3cc3cc4ccccc4cc23)cc1. The normalized spacial score (nSPS) is 11.0. The van der Waals surface area contributed by atoms with E-state index in [1.54, 1.807) is 7.11 Å². The van der Waals surface area contributed by atoms with Gasteiger partial charge < -0.3 is 4.74 Å². The van der Waals surface area contributed by atoms with E-state index in [1.165, 1.54) is 189 Å². The van der Waals surface area contributed by atoms with Crippen LogP contribution in [0.5, 0.6) is 5.75 Å². The molecule has 0 spiro atoms. The van der Waals surface area contributed by atoms with E-state index in [1.807, 2.05) is 60.7 Å². The summed E-state index contributed by atoms with van der Waals surface area (Å²) in [5.41, 5.74) is 19.5. The standard InChI is InChI=1S/C32H20.C29H24Si.C27H18O.C27H18.C26H16/c1-3-11-23(12-4-1)19-20-28-27-17-9-10-18-29(27)32(24-13-5-2-6-14-24)31-22-26-16-8-7-15-25(26)21-30(28)31;1-30(2,3)18-17-25-24-15-9-10-16-26(24)29(21-11-5-4-6-12-21)28-20-23-14-8-7-13-22(23)19-27(25)28;1-28-24-13-10-19(11-14-24)12-15-26-25-9-5-4-8-22(25)17-23-16-20-6-2-3-7-21(20)18-27(23)26;1-19-10-12-20(13-11-19)14-15-26-25-9-5-4-8-23(25)17-24-16-21-6-2-3-7-22(21)18-27(24)26;1-2-8-19(9-3-1)14-15-25-24-13-7-6-12-22(24)17-23-16-20-10-4-5-11-21(20)18-26(23)25/h1-18,21-22H;4-16,19-20H,1-3H3;2-11,13-14,16-18H,1H3;2-13,16-18H,1H3;1-13,16-18H. The van der Waals surface area contributed by atoms with Crippen LogP contribution in [0.4, 0.5) is 0 Å². The van der Waals surface area contributed by atoms with Gasteiger partial charge >= 0.3 is 0 Å². The average Bonchev–Trinajstić information content (AvgIpc) is 0.725. The van der Waals surface area contributed by atoms with Crippen LogP contribution in [-0.4, -0.2) is 15.2 Å². The summed E-state index contributed by atoms with van der Waals surface area (Å²) in [7, 11) is 0.167. The van der Waals surface area contributed by atoms with Crippen molar-refractivity contribution >= 4 is 170 Å². The minimum Gasteiger partial charge on any atom is -0.497 e. The van der Waals surface area contributed by atoms with Crippen molar-refractivity contribution in [2.45, 2.75) is 26.6 Å². The third kappa shape index (κ3) is 19.3. The number of aryl methyl sites for hydroxylation is 1. The topological polar surface area (TPSA) is 9.23 Å². The third-order valence-electron chi connectivity index (χ3n) is 26.7. The molecule has 670 valence electrons. The van der Waals surface area contributed by atoms with Crippen LogP contribution in [0.2, 0.25) is 19.6 Å². The fourth-order valence-electron chi connectivity index (χ4n) is 19.6. The predicted octanol–water partition coefficient (Wildman–Crippen LogP) is 36.2. The number of benzene rings is 26. The van der Waals surface area contributed by atoms with Crippen LogP contribution in [-0.2, 0) is 0 Å². The fourth-order valence-corrected chi connectivity index (χ4v) is 20.1. The molecule has 0 aliphatic carbocycles. The van der Waals surface area contributed by atoms with Crippen molar-refractivity contribution < 1.29 is 4.74 Å². The first-order chi connectivity index (χ1) is 70.4. The van der Waals surface area contributed by atoms with E-state index in [2.05, 4.69) is 516 Å². The molecular formula is C141H96OSi. The Bertz CT molecular complexity index is 9790. The molecule has 143 heavy (non-hydrogen) atoms. The second-order valence-corrected chi connectivity index (χ2v) is 42.1. The molecule has 0 aliphatic heterocycles. The number of hydrogen-bond acceptors (Lipinski definition) is 1. The summed E-state index contributed by atoms with van der Waals surface area (Å²) in [5, 5.41) is 37.0. The van der Waals surface area contributed by atoms with Gasteiger partial charge in [0.1, 0.15) is 13.8 Å².